The lowest BCUT2D eigenvalue weighted by Gasteiger charge is -2.01. The van der Waals surface area contributed by atoms with Crippen molar-refractivity contribution in [2.24, 2.45) is 0 Å². The van der Waals surface area contributed by atoms with Gasteiger partial charge in [0.15, 0.2) is 0 Å². The molecule has 1 N–H and O–H groups in total. The number of allylic oxidation sites excluding steroid dienone is 1. The number of ether oxygens (including phenoxy) is 1. The van der Waals surface area contributed by atoms with Crippen LogP contribution in [0.25, 0.3) is 16.8 Å². The number of nitrogens with zero attached hydrogens (tertiary/aromatic N) is 2. The third-order valence-electron chi connectivity index (χ3n) is 3.45. The van der Waals surface area contributed by atoms with Crippen LogP contribution in [0.1, 0.15) is 5.01 Å². The molecular weight excluding hydrogens is 337 g/mol. The summed E-state index contributed by atoms with van der Waals surface area (Å²) in [4.78, 5) is 4.51. The number of hydrogen-bond acceptors (Lipinski definition) is 5. The van der Waals surface area contributed by atoms with E-state index in [1.54, 1.807) is 19.2 Å². The van der Waals surface area contributed by atoms with Crippen molar-refractivity contribution >= 4 is 22.6 Å². The summed E-state index contributed by atoms with van der Waals surface area (Å²) in [6.45, 7) is 0. The lowest BCUT2D eigenvalue weighted by Crippen LogP contribution is -1.91. The number of hydrogen-bond donors (Lipinski definition) is 1. The van der Waals surface area contributed by atoms with E-state index in [2.05, 4.69) is 16.4 Å². The van der Waals surface area contributed by atoms with Gasteiger partial charge in [0.1, 0.15) is 28.2 Å². The molecule has 1 aromatic heterocycles. The van der Waals surface area contributed by atoms with Gasteiger partial charge in [-0.25, -0.2) is 9.37 Å². The van der Waals surface area contributed by atoms with Gasteiger partial charge in [-0.2, -0.15) is 5.26 Å². The highest BCUT2D eigenvalue weighted by atomic mass is 32.1. The Kier molecular flexibility index (Phi) is 5.07. The van der Waals surface area contributed by atoms with E-state index < -0.39 is 0 Å². The van der Waals surface area contributed by atoms with Crippen LogP contribution in [0.5, 0.6) is 5.75 Å². The molecule has 25 heavy (non-hydrogen) atoms. The molecule has 0 atom stereocenters. The summed E-state index contributed by atoms with van der Waals surface area (Å²) in [5, 5.41) is 14.8. The van der Waals surface area contributed by atoms with Gasteiger partial charge in [-0.15, -0.1) is 11.3 Å². The van der Waals surface area contributed by atoms with E-state index in [1.807, 2.05) is 29.6 Å². The molecule has 0 unspecified atom stereocenters. The van der Waals surface area contributed by atoms with Crippen LogP contribution >= 0.6 is 11.3 Å². The van der Waals surface area contributed by atoms with Crippen LogP contribution in [-0.2, 0) is 0 Å². The third-order valence-corrected chi connectivity index (χ3v) is 4.32. The number of aromatic nitrogens is 1. The van der Waals surface area contributed by atoms with Gasteiger partial charge in [-0.1, -0.05) is 6.07 Å². The molecule has 0 saturated heterocycles. The Bertz CT molecular complexity index is 942. The van der Waals surface area contributed by atoms with E-state index in [0.717, 1.165) is 17.0 Å². The Morgan fingerprint density at radius 1 is 1.28 bits per heavy atom. The molecule has 0 fully saturated rings. The van der Waals surface area contributed by atoms with Crippen LogP contribution in [0.2, 0.25) is 0 Å². The zero-order valence-corrected chi connectivity index (χ0v) is 14.2. The summed E-state index contributed by atoms with van der Waals surface area (Å²) in [5.41, 5.74) is 2.68. The minimum Gasteiger partial charge on any atom is -0.497 e. The largest absolute Gasteiger partial charge is 0.497 e. The maximum atomic E-state index is 13.2. The third kappa shape index (κ3) is 4.03. The van der Waals surface area contributed by atoms with Crippen LogP contribution in [0.15, 0.2) is 60.1 Å². The predicted octanol–water partition coefficient (Wildman–Crippen LogP) is 4.93. The molecule has 0 bridgehead atoms. The number of nitrogens with one attached hydrogen (secondary N) is 1. The Labute approximate surface area is 148 Å². The van der Waals surface area contributed by atoms with E-state index in [-0.39, 0.29) is 5.82 Å². The van der Waals surface area contributed by atoms with Gasteiger partial charge in [0.05, 0.1) is 12.8 Å². The topological polar surface area (TPSA) is 57.9 Å². The van der Waals surface area contributed by atoms with Gasteiger partial charge in [-0.05, 0) is 42.5 Å². The first-order valence-corrected chi connectivity index (χ1v) is 8.30. The van der Waals surface area contributed by atoms with Crippen molar-refractivity contribution < 1.29 is 9.13 Å². The smallest absolute Gasteiger partial charge is 0.136 e. The highest BCUT2D eigenvalue weighted by Gasteiger charge is 2.09. The first-order valence-electron chi connectivity index (χ1n) is 7.42. The lowest BCUT2D eigenvalue weighted by molar-refractivity contribution is 0.415. The average Bonchev–Trinajstić information content (AvgIpc) is 3.12. The van der Waals surface area contributed by atoms with Crippen molar-refractivity contribution in [1.82, 2.24) is 4.98 Å². The predicted molar refractivity (Wildman–Crippen MR) is 97.7 cm³/mol. The van der Waals surface area contributed by atoms with Gasteiger partial charge < -0.3 is 10.1 Å². The van der Waals surface area contributed by atoms with E-state index in [9.17, 15) is 9.65 Å². The van der Waals surface area contributed by atoms with Gasteiger partial charge in [0, 0.05) is 22.8 Å². The van der Waals surface area contributed by atoms with E-state index >= 15 is 0 Å². The molecule has 0 aliphatic heterocycles. The number of nitriles is 1. The number of benzene rings is 2. The number of anilines is 1. The zero-order valence-electron chi connectivity index (χ0n) is 13.4. The van der Waals surface area contributed by atoms with Crippen LogP contribution in [0.3, 0.4) is 0 Å². The van der Waals surface area contributed by atoms with Crippen molar-refractivity contribution in [1.29, 1.82) is 5.26 Å². The van der Waals surface area contributed by atoms with Gasteiger partial charge >= 0.3 is 0 Å². The molecule has 1 heterocycles. The SMILES string of the molecule is COc1ccc(-c2csc(/C(C#N)=C/Nc3cccc(F)c3)n2)cc1. The molecule has 0 aliphatic rings. The summed E-state index contributed by atoms with van der Waals surface area (Å²) >= 11 is 1.38. The fourth-order valence-corrected chi connectivity index (χ4v) is 2.96. The molecule has 3 aromatic rings. The van der Waals surface area contributed by atoms with Gasteiger partial charge in [-0.3, -0.25) is 0 Å². The van der Waals surface area contributed by atoms with Crippen molar-refractivity contribution in [2.75, 3.05) is 12.4 Å². The Hall–Kier alpha value is -3.17. The molecular formula is C19H14FN3OS. The number of rotatable bonds is 5. The van der Waals surface area contributed by atoms with Crippen molar-refractivity contribution in [2.45, 2.75) is 0 Å². The molecule has 6 heteroatoms. The second-order valence-electron chi connectivity index (χ2n) is 5.09. The van der Waals surface area contributed by atoms with Crippen molar-refractivity contribution in [3.63, 3.8) is 0 Å². The highest BCUT2D eigenvalue weighted by Crippen LogP contribution is 2.27. The van der Waals surface area contributed by atoms with Crippen LogP contribution < -0.4 is 10.1 Å². The number of methoxy groups -OCH3 is 1. The summed E-state index contributed by atoms with van der Waals surface area (Å²) in [6, 6.07) is 15.7. The van der Waals surface area contributed by atoms with Gasteiger partial charge in [0.2, 0.25) is 0 Å². The van der Waals surface area contributed by atoms with Crippen LogP contribution in [0.4, 0.5) is 10.1 Å². The number of halogens is 1. The summed E-state index contributed by atoms with van der Waals surface area (Å²) in [5.74, 6) is 0.434. The molecule has 3 rings (SSSR count). The zero-order chi connectivity index (χ0) is 17.6. The minimum absolute atomic E-state index is 0.340. The van der Waals surface area contributed by atoms with Gasteiger partial charge in [0.25, 0.3) is 0 Å². The second kappa shape index (κ2) is 7.60. The maximum Gasteiger partial charge on any atom is 0.136 e. The fourth-order valence-electron chi connectivity index (χ4n) is 2.17. The minimum atomic E-state index is -0.340. The van der Waals surface area contributed by atoms with Crippen molar-refractivity contribution in [3.05, 3.63) is 70.9 Å². The lowest BCUT2D eigenvalue weighted by atomic mass is 10.2. The second-order valence-corrected chi connectivity index (χ2v) is 5.95. The maximum absolute atomic E-state index is 13.2. The van der Waals surface area contributed by atoms with Crippen molar-refractivity contribution in [3.8, 4) is 23.1 Å². The molecule has 0 aliphatic carbocycles. The van der Waals surface area contributed by atoms with E-state index in [1.165, 1.54) is 29.7 Å². The van der Waals surface area contributed by atoms with E-state index in [4.69, 9.17) is 4.74 Å². The fraction of sp³-hybridized carbons (Fsp3) is 0.0526. The summed E-state index contributed by atoms with van der Waals surface area (Å²) in [7, 11) is 1.62. The van der Waals surface area contributed by atoms with Crippen LogP contribution in [-0.4, -0.2) is 12.1 Å². The molecule has 2 aromatic carbocycles. The standard InChI is InChI=1S/C19H14FN3OS/c1-24-17-7-5-13(6-8-17)18-12-25-19(23-18)14(10-21)11-22-16-4-2-3-15(20)9-16/h2-9,11-12,22H,1H3/b14-11+. The summed E-state index contributed by atoms with van der Waals surface area (Å²) < 4.78 is 18.3. The Morgan fingerprint density at radius 3 is 2.76 bits per heavy atom. The molecule has 0 spiro atoms. The molecule has 0 saturated carbocycles. The first-order chi connectivity index (χ1) is 12.2. The molecule has 4 nitrogen and oxygen atoms in total. The number of thiazole rings is 1. The molecule has 0 amide bonds. The normalized spacial score (nSPS) is 11.0. The highest BCUT2D eigenvalue weighted by molar-refractivity contribution is 7.11. The Morgan fingerprint density at radius 2 is 2.08 bits per heavy atom. The monoisotopic (exact) mass is 351 g/mol. The summed E-state index contributed by atoms with van der Waals surface area (Å²) in [6.07, 6.45) is 1.53. The Balaban J connectivity index is 1.81. The first kappa shape index (κ1) is 16.7. The quantitative estimate of drug-likeness (QED) is 0.662. The molecule has 0 radical (unpaired) electrons. The van der Waals surface area contributed by atoms with E-state index in [0.29, 0.717) is 16.3 Å². The average molecular weight is 351 g/mol. The molecule has 124 valence electrons. The van der Waals surface area contributed by atoms with Crippen LogP contribution in [0, 0.1) is 17.1 Å².